The molecule has 0 aliphatic carbocycles. The number of H-pyrrole nitrogens is 1. The van der Waals surface area contributed by atoms with E-state index in [0.717, 1.165) is 11.1 Å². The third-order valence-corrected chi connectivity index (χ3v) is 3.07. The molecule has 0 spiro atoms. The fraction of sp³-hybridized carbons (Fsp3) is 0.133. The Labute approximate surface area is 121 Å². The van der Waals surface area contributed by atoms with Gasteiger partial charge in [-0.25, -0.2) is 4.79 Å². The molecule has 1 aromatic heterocycles. The molecular weight excluding hydrogens is 270 g/mol. The van der Waals surface area contributed by atoms with Crippen molar-refractivity contribution in [3.8, 4) is 0 Å². The van der Waals surface area contributed by atoms with E-state index in [9.17, 15) is 9.59 Å². The van der Waals surface area contributed by atoms with Crippen LogP contribution in [0.25, 0.3) is 6.08 Å². The van der Waals surface area contributed by atoms with Crippen LogP contribution in [0.5, 0.6) is 0 Å². The standard InChI is InChI=1S/C15H15N3O3/c1-9-3-4-11(7-10(9)2)5-6-13(19)17-12-8-16-18-14(12)15(20)21/h3-8H,1-2H3,(H,16,18)(H,17,19)(H,20,21)/b6-5+. The minimum Gasteiger partial charge on any atom is -0.476 e. The lowest BCUT2D eigenvalue weighted by Crippen LogP contribution is -2.11. The van der Waals surface area contributed by atoms with Crippen molar-refractivity contribution in [2.45, 2.75) is 13.8 Å². The first-order valence-corrected chi connectivity index (χ1v) is 6.30. The van der Waals surface area contributed by atoms with Crippen molar-refractivity contribution in [3.05, 3.63) is 52.9 Å². The molecule has 21 heavy (non-hydrogen) atoms. The quantitative estimate of drug-likeness (QED) is 0.751. The van der Waals surface area contributed by atoms with Crippen LogP contribution in [0.3, 0.4) is 0 Å². The van der Waals surface area contributed by atoms with Gasteiger partial charge in [0.25, 0.3) is 0 Å². The van der Waals surface area contributed by atoms with Crippen molar-refractivity contribution < 1.29 is 14.7 Å². The molecule has 0 fully saturated rings. The summed E-state index contributed by atoms with van der Waals surface area (Å²) in [7, 11) is 0. The Morgan fingerprint density at radius 2 is 2.05 bits per heavy atom. The molecule has 2 aromatic rings. The van der Waals surface area contributed by atoms with Gasteiger partial charge in [-0.15, -0.1) is 0 Å². The number of aromatic carboxylic acids is 1. The number of hydrogen-bond donors (Lipinski definition) is 3. The summed E-state index contributed by atoms with van der Waals surface area (Å²) < 4.78 is 0. The molecule has 3 N–H and O–H groups in total. The van der Waals surface area contributed by atoms with Crippen molar-refractivity contribution in [2.75, 3.05) is 5.32 Å². The zero-order valence-corrected chi connectivity index (χ0v) is 11.7. The number of aromatic amines is 1. The molecule has 2 rings (SSSR count). The minimum absolute atomic E-state index is 0.136. The Hall–Kier alpha value is -2.89. The molecule has 0 bridgehead atoms. The summed E-state index contributed by atoms with van der Waals surface area (Å²) >= 11 is 0. The Morgan fingerprint density at radius 1 is 1.29 bits per heavy atom. The number of anilines is 1. The number of amides is 1. The molecule has 1 aromatic carbocycles. The summed E-state index contributed by atoms with van der Waals surface area (Å²) in [5.41, 5.74) is 3.21. The van der Waals surface area contributed by atoms with Gasteiger partial charge in [0.2, 0.25) is 5.91 Å². The second kappa shape index (κ2) is 6.04. The Kier molecular flexibility index (Phi) is 4.18. The van der Waals surface area contributed by atoms with Gasteiger partial charge in [0.05, 0.1) is 11.9 Å². The lowest BCUT2D eigenvalue weighted by atomic mass is 10.1. The van der Waals surface area contributed by atoms with E-state index in [-0.39, 0.29) is 11.4 Å². The van der Waals surface area contributed by atoms with Crippen LogP contribution in [0.1, 0.15) is 27.2 Å². The number of carbonyl (C=O) groups excluding carboxylic acids is 1. The van der Waals surface area contributed by atoms with Gasteiger partial charge in [-0.3, -0.25) is 9.89 Å². The predicted octanol–water partition coefficient (Wildman–Crippen LogP) is 2.38. The summed E-state index contributed by atoms with van der Waals surface area (Å²) in [4.78, 5) is 22.7. The number of aryl methyl sites for hydroxylation is 2. The average molecular weight is 285 g/mol. The summed E-state index contributed by atoms with van der Waals surface area (Å²) in [6.07, 6.45) is 4.27. The Bertz CT molecular complexity index is 717. The maximum Gasteiger partial charge on any atom is 0.356 e. The van der Waals surface area contributed by atoms with E-state index in [1.165, 1.54) is 17.8 Å². The van der Waals surface area contributed by atoms with Crippen LogP contribution in [0.2, 0.25) is 0 Å². The minimum atomic E-state index is -1.18. The second-order valence-corrected chi connectivity index (χ2v) is 4.63. The SMILES string of the molecule is Cc1ccc(/C=C/C(=O)Nc2cn[nH]c2C(=O)O)cc1C. The molecular formula is C15H15N3O3. The first kappa shape index (κ1) is 14.5. The number of benzene rings is 1. The molecule has 1 amide bonds. The van der Waals surface area contributed by atoms with Crippen molar-refractivity contribution in [1.29, 1.82) is 0 Å². The molecule has 6 heteroatoms. The first-order valence-electron chi connectivity index (χ1n) is 6.30. The molecule has 0 saturated carbocycles. The molecule has 0 radical (unpaired) electrons. The lowest BCUT2D eigenvalue weighted by Gasteiger charge is -2.01. The molecule has 0 aliphatic heterocycles. The highest BCUT2D eigenvalue weighted by atomic mass is 16.4. The zero-order valence-electron chi connectivity index (χ0n) is 11.7. The highest BCUT2D eigenvalue weighted by molar-refractivity contribution is 6.05. The van der Waals surface area contributed by atoms with Gasteiger partial charge in [0.15, 0.2) is 5.69 Å². The van der Waals surface area contributed by atoms with Crippen LogP contribution >= 0.6 is 0 Å². The van der Waals surface area contributed by atoms with Crippen LogP contribution in [0.15, 0.2) is 30.5 Å². The zero-order chi connectivity index (χ0) is 15.4. The van der Waals surface area contributed by atoms with Crippen molar-refractivity contribution in [1.82, 2.24) is 10.2 Å². The third kappa shape index (κ3) is 3.56. The number of carboxylic acids is 1. The van der Waals surface area contributed by atoms with Crippen LogP contribution < -0.4 is 5.32 Å². The smallest absolute Gasteiger partial charge is 0.356 e. The molecule has 0 saturated heterocycles. The maximum absolute atomic E-state index is 11.8. The number of aromatic nitrogens is 2. The van der Waals surface area contributed by atoms with E-state index in [2.05, 4.69) is 15.5 Å². The highest BCUT2D eigenvalue weighted by Crippen LogP contribution is 2.13. The number of nitrogens with one attached hydrogen (secondary N) is 2. The van der Waals surface area contributed by atoms with Gasteiger partial charge in [-0.1, -0.05) is 18.2 Å². The molecule has 0 unspecified atom stereocenters. The number of rotatable bonds is 4. The average Bonchev–Trinajstić information content (AvgIpc) is 2.88. The van der Waals surface area contributed by atoms with Crippen LogP contribution in [-0.2, 0) is 4.79 Å². The summed E-state index contributed by atoms with van der Waals surface area (Å²) in [6, 6.07) is 5.86. The van der Waals surface area contributed by atoms with Gasteiger partial charge in [0.1, 0.15) is 0 Å². The van der Waals surface area contributed by atoms with Gasteiger partial charge >= 0.3 is 5.97 Å². The number of nitrogens with zero attached hydrogens (tertiary/aromatic N) is 1. The summed E-state index contributed by atoms with van der Waals surface area (Å²) in [5, 5.41) is 17.3. The van der Waals surface area contributed by atoms with Gasteiger partial charge in [-0.2, -0.15) is 5.10 Å². The van der Waals surface area contributed by atoms with Gasteiger partial charge in [0, 0.05) is 6.08 Å². The molecule has 108 valence electrons. The molecule has 1 heterocycles. The lowest BCUT2D eigenvalue weighted by molar-refractivity contribution is -0.111. The largest absolute Gasteiger partial charge is 0.476 e. The number of hydrogen-bond acceptors (Lipinski definition) is 3. The fourth-order valence-corrected chi connectivity index (χ4v) is 1.76. The van der Waals surface area contributed by atoms with Crippen LogP contribution in [-0.4, -0.2) is 27.2 Å². The van der Waals surface area contributed by atoms with Crippen LogP contribution in [0, 0.1) is 13.8 Å². The Morgan fingerprint density at radius 3 is 2.71 bits per heavy atom. The van der Waals surface area contributed by atoms with E-state index in [0.29, 0.717) is 0 Å². The van der Waals surface area contributed by atoms with E-state index in [4.69, 9.17) is 5.11 Å². The summed E-state index contributed by atoms with van der Waals surface area (Å²) in [6.45, 7) is 4.01. The summed E-state index contributed by atoms with van der Waals surface area (Å²) in [5.74, 6) is -1.60. The van der Waals surface area contributed by atoms with E-state index < -0.39 is 11.9 Å². The van der Waals surface area contributed by atoms with Crippen LogP contribution in [0.4, 0.5) is 5.69 Å². The second-order valence-electron chi connectivity index (χ2n) is 4.63. The maximum atomic E-state index is 11.8. The topological polar surface area (TPSA) is 95.1 Å². The monoisotopic (exact) mass is 285 g/mol. The highest BCUT2D eigenvalue weighted by Gasteiger charge is 2.13. The normalized spacial score (nSPS) is 10.8. The van der Waals surface area contributed by atoms with Crippen molar-refractivity contribution in [3.63, 3.8) is 0 Å². The van der Waals surface area contributed by atoms with Gasteiger partial charge in [-0.05, 0) is 36.6 Å². The van der Waals surface area contributed by atoms with Crippen molar-refractivity contribution >= 4 is 23.6 Å². The van der Waals surface area contributed by atoms with Crippen molar-refractivity contribution in [2.24, 2.45) is 0 Å². The van der Waals surface area contributed by atoms with Gasteiger partial charge < -0.3 is 10.4 Å². The molecule has 0 atom stereocenters. The number of carbonyl (C=O) groups is 2. The predicted molar refractivity (Wildman–Crippen MR) is 79.1 cm³/mol. The van der Waals surface area contributed by atoms with E-state index in [1.54, 1.807) is 6.08 Å². The Balaban J connectivity index is 2.07. The molecule has 0 aliphatic rings. The van der Waals surface area contributed by atoms with E-state index in [1.807, 2.05) is 32.0 Å². The number of carboxylic acid groups (broad SMARTS) is 1. The molecule has 6 nitrogen and oxygen atoms in total. The fourth-order valence-electron chi connectivity index (χ4n) is 1.76. The third-order valence-electron chi connectivity index (χ3n) is 3.07. The first-order chi connectivity index (χ1) is 9.97. The van der Waals surface area contributed by atoms with E-state index >= 15 is 0 Å².